The fourth-order valence-corrected chi connectivity index (χ4v) is 0.328. The molecule has 0 unspecified atom stereocenters. The monoisotopic (exact) mass is 150 g/mol. The lowest BCUT2D eigenvalue weighted by Gasteiger charge is -2.17. The predicted molar refractivity (Wildman–Crippen MR) is 36.6 cm³/mol. The summed E-state index contributed by atoms with van der Waals surface area (Å²) in [5.41, 5.74) is -0.273. The van der Waals surface area contributed by atoms with Crippen LogP contribution in [0.3, 0.4) is 0 Å². The standard InChI is InChI=1S/C6H11ClO2/c1-6(2,3)9-4-5(7)8/h4H2,1-3H3. The van der Waals surface area contributed by atoms with Crippen LogP contribution in [0.1, 0.15) is 20.8 Å². The highest BCUT2D eigenvalue weighted by molar-refractivity contribution is 6.63. The smallest absolute Gasteiger partial charge is 0.247 e. The number of hydrogen-bond donors (Lipinski definition) is 0. The topological polar surface area (TPSA) is 26.3 Å². The van der Waals surface area contributed by atoms with E-state index in [0.29, 0.717) is 0 Å². The molecule has 0 atom stereocenters. The van der Waals surface area contributed by atoms with Crippen molar-refractivity contribution in [2.24, 2.45) is 0 Å². The van der Waals surface area contributed by atoms with Crippen molar-refractivity contribution in [3.63, 3.8) is 0 Å². The van der Waals surface area contributed by atoms with E-state index in [0.717, 1.165) is 0 Å². The average Bonchev–Trinajstić information content (AvgIpc) is 1.59. The van der Waals surface area contributed by atoms with Crippen LogP contribution in [-0.2, 0) is 9.53 Å². The van der Waals surface area contributed by atoms with Crippen LogP contribution in [0.15, 0.2) is 0 Å². The molecule has 0 rings (SSSR count). The summed E-state index contributed by atoms with van der Waals surface area (Å²) in [5.74, 6) is 0. The molecule has 0 N–H and O–H groups in total. The van der Waals surface area contributed by atoms with Crippen molar-refractivity contribution in [3.8, 4) is 0 Å². The number of ether oxygens (including phenoxy) is 1. The Hall–Kier alpha value is -0.0800. The molecule has 0 saturated carbocycles. The van der Waals surface area contributed by atoms with E-state index in [9.17, 15) is 4.79 Å². The zero-order valence-electron chi connectivity index (χ0n) is 5.90. The number of carbonyl (C=O) groups is 1. The summed E-state index contributed by atoms with van der Waals surface area (Å²) >= 11 is 5.02. The highest BCUT2D eigenvalue weighted by atomic mass is 35.5. The molecule has 0 spiro atoms. The van der Waals surface area contributed by atoms with Crippen LogP contribution in [0, 0.1) is 0 Å². The van der Waals surface area contributed by atoms with Gasteiger partial charge in [-0.25, -0.2) is 0 Å². The Morgan fingerprint density at radius 3 is 2.11 bits per heavy atom. The lowest BCUT2D eigenvalue weighted by Crippen LogP contribution is -2.21. The van der Waals surface area contributed by atoms with Gasteiger partial charge in [-0.05, 0) is 32.4 Å². The van der Waals surface area contributed by atoms with Gasteiger partial charge in [0, 0.05) is 0 Å². The van der Waals surface area contributed by atoms with E-state index >= 15 is 0 Å². The third-order valence-electron chi connectivity index (χ3n) is 0.619. The van der Waals surface area contributed by atoms with E-state index in [4.69, 9.17) is 16.3 Å². The molecule has 0 amide bonds. The quantitative estimate of drug-likeness (QED) is 0.559. The van der Waals surface area contributed by atoms with Gasteiger partial charge in [0.05, 0.1) is 5.60 Å². The molecule has 2 nitrogen and oxygen atoms in total. The fraction of sp³-hybridized carbons (Fsp3) is 0.833. The summed E-state index contributed by atoms with van der Waals surface area (Å²) in [6.07, 6.45) is 0. The van der Waals surface area contributed by atoms with Crippen LogP contribution < -0.4 is 0 Å². The van der Waals surface area contributed by atoms with Crippen molar-refractivity contribution < 1.29 is 9.53 Å². The zero-order chi connectivity index (χ0) is 7.49. The van der Waals surface area contributed by atoms with Crippen LogP contribution >= 0.6 is 11.6 Å². The maximum atomic E-state index is 10.1. The average molecular weight is 151 g/mol. The number of rotatable bonds is 2. The van der Waals surface area contributed by atoms with Crippen molar-refractivity contribution in [1.29, 1.82) is 0 Å². The molecule has 0 aliphatic heterocycles. The van der Waals surface area contributed by atoms with E-state index in [2.05, 4.69) is 0 Å². The third-order valence-corrected chi connectivity index (χ3v) is 0.728. The highest BCUT2D eigenvalue weighted by Crippen LogP contribution is 2.06. The molecule has 3 heteroatoms. The second-order valence-electron chi connectivity index (χ2n) is 2.76. The molecule has 9 heavy (non-hydrogen) atoms. The lowest BCUT2D eigenvalue weighted by atomic mass is 10.2. The Kier molecular flexibility index (Phi) is 3.15. The molecule has 54 valence electrons. The predicted octanol–water partition coefficient (Wildman–Crippen LogP) is 1.57. The number of carbonyl (C=O) groups excluding carboxylic acids is 1. The molecule has 0 radical (unpaired) electrons. The Balaban J connectivity index is 3.39. The van der Waals surface area contributed by atoms with E-state index in [1.54, 1.807) is 0 Å². The molecule has 0 aromatic heterocycles. The van der Waals surface area contributed by atoms with Gasteiger partial charge in [-0.15, -0.1) is 0 Å². The van der Waals surface area contributed by atoms with E-state index in [1.165, 1.54) is 0 Å². The maximum absolute atomic E-state index is 10.1. The van der Waals surface area contributed by atoms with Crippen LogP contribution in [0.2, 0.25) is 0 Å². The van der Waals surface area contributed by atoms with Crippen molar-refractivity contribution in [1.82, 2.24) is 0 Å². The van der Waals surface area contributed by atoms with Gasteiger partial charge in [0.15, 0.2) is 0 Å². The van der Waals surface area contributed by atoms with Crippen LogP contribution in [0.4, 0.5) is 0 Å². The van der Waals surface area contributed by atoms with Gasteiger partial charge < -0.3 is 4.74 Å². The summed E-state index contributed by atoms with van der Waals surface area (Å²) in [6, 6.07) is 0. The van der Waals surface area contributed by atoms with Gasteiger partial charge >= 0.3 is 0 Å². The molecule has 0 aliphatic rings. The van der Waals surface area contributed by atoms with Crippen LogP contribution in [-0.4, -0.2) is 17.5 Å². The Labute approximate surface area is 60.1 Å². The minimum atomic E-state index is -0.454. The first kappa shape index (κ1) is 8.92. The number of halogens is 1. The van der Waals surface area contributed by atoms with Crippen LogP contribution in [0.5, 0.6) is 0 Å². The SMILES string of the molecule is CC(C)(C)OCC(=O)Cl. The molecule has 0 aromatic carbocycles. The Bertz CT molecular complexity index is 104. The first-order chi connectivity index (χ1) is 3.92. The molecule has 0 bridgehead atoms. The van der Waals surface area contributed by atoms with Gasteiger partial charge in [-0.2, -0.15) is 0 Å². The van der Waals surface area contributed by atoms with Gasteiger partial charge in [-0.1, -0.05) is 0 Å². The van der Waals surface area contributed by atoms with Crippen molar-refractivity contribution in [2.45, 2.75) is 26.4 Å². The lowest BCUT2D eigenvalue weighted by molar-refractivity contribution is -0.120. The molecule has 0 aromatic rings. The molecule has 0 fully saturated rings. The molecular weight excluding hydrogens is 140 g/mol. The maximum Gasteiger partial charge on any atom is 0.247 e. The van der Waals surface area contributed by atoms with Gasteiger partial charge in [0.25, 0.3) is 0 Å². The number of hydrogen-bond acceptors (Lipinski definition) is 2. The summed E-state index contributed by atoms with van der Waals surface area (Å²) in [4.78, 5) is 10.1. The summed E-state index contributed by atoms with van der Waals surface area (Å²) in [6.45, 7) is 5.59. The van der Waals surface area contributed by atoms with Crippen molar-refractivity contribution in [2.75, 3.05) is 6.61 Å². The zero-order valence-corrected chi connectivity index (χ0v) is 6.66. The van der Waals surface area contributed by atoms with E-state index in [1.807, 2.05) is 20.8 Å². The van der Waals surface area contributed by atoms with Crippen molar-refractivity contribution in [3.05, 3.63) is 0 Å². The molecule has 0 heterocycles. The molecular formula is C6H11ClO2. The summed E-state index contributed by atoms with van der Waals surface area (Å²) < 4.78 is 5.01. The second-order valence-corrected chi connectivity index (χ2v) is 3.18. The highest BCUT2D eigenvalue weighted by Gasteiger charge is 2.10. The van der Waals surface area contributed by atoms with Gasteiger partial charge in [0.1, 0.15) is 6.61 Å². The Morgan fingerprint density at radius 2 is 2.00 bits per heavy atom. The van der Waals surface area contributed by atoms with E-state index < -0.39 is 5.24 Å². The van der Waals surface area contributed by atoms with Gasteiger partial charge in [-0.3, -0.25) is 4.79 Å². The van der Waals surface area contributed by atoms with Crippen molar-refractivity contribution >= 4 is 16.8 Å². The fourth-order valence-electron chi connectivity index (χ4n) is 0.273. The first-order valence-electron chi connectivity index (χ1n) is 2.74. The minimum Gasteiger partial charge on any atom is -0.367 e. The first-order valence-corrected chi connectivity index (χ1v) is 3.12. The Morgan fingerprint density at radius 1 is 1.56 bits per heavy atom. The van der Waals surface area contributed by atoms with Crippen LogP contribution in [0.25, 0.3) is 0 Å². The minimum absolute atomic E-state index is 0.00887. The van der Waals surface area contributed by atoms with Gasteiger partial charge in [0.2, 0.25) is 5.24 Å². The molecule has 0 aliphatic carbocycles. The summed E-state index contributed by atoms with van der Waals surface area (Å²) in [5, 5.41) is -0.454. The third kappa shape index (κ3) is 7.92. The largest absolute Gasteiger partial charge is 0.367 e. The normalized spacial score (nSPS) is 11.6. The molecule has 0 saturated heterocycles. The summed E-state index contributed by atoms with van der Waals surface area (Å²) in [7, 11) is 0. The second kappa shape index (κ2) is 3.18. The van der Waals surface area contributed by atoms with E-state index in [-0.39, 0.29) is 12.2 Å².